The molecule has 3 heterocycles. The van der Waals surface area contributed by atoms with E-state index < -0.39 is 10.0 Å². The van der Waals surface area contributed by atoms with Crippen LogP contribution in [0.1, 0.15) is 19.8 Å². The number of aromatic nitrogens is 2. The lowest BCUT2D eigenvalue weighted by Gasteiger charge is -2.47. The molecule has 0 amide bonds. The summed E-state index contributed by atoms with van der Waals surface area (Å²) in [4.78, 5) is 6.41. The zero-order valence-electron chi connectivity index (χ0n) is 13.2. The van der Waals surface area contributed by atoms with Crippen LogP contribution in [0.15, 0.2) is 17.6 Å². The van der Waals surface area contributed by atoms with Crippen molar-refractivity contribution in [3.8, 4) is 0 Å². The minimum absolute atomic E-state index is 0.141. The second kappa shape index (κ2) is 6.27. The fraction of sp³-hybridized carbons (Fsp3) is 0.786. The standard InChI is InChI=1S/C14H24N4O3S/c1-3-18(12-4-6-21-7-5-12)13-8-17(9-13)22(19,20)14-10-16(2)11-15-14/h10-13H,3-9H2,1-2H3. The zero-order chi connectivity index (χ0) is 15.7. The number of sulfonamides is 1. The van der Waals surface area contributed by atoms with Crippen molar-refractivity contribution in [1.29, 1.82) is 0 Å². The van der Waals surface area contributed by atoms with Gasteiger partial charge in [-0.1, -0.05) is 6.92 Å². The molecule has 2 aliphatic rings. The molecule has 0 saturated carbocycles. The maximum atomic E-state index is 12.5. The summed E-state index contributed by atoms with van der Waals surface area (Å²) in [7, 11) is -1.66. The Morgan fingerprint density at radius 2 is 2.00 bits per heavy atom. The third-order valence-corrected chi connectivity index (χ3v) is 6.33. The molecule has 22 heavy (non-hydrogen) atoms. The second-order valence-corrected chi connectivity index (χ2v) is 7.91. The van der Waals surface area contributed by atoms with Crippen molar-refractivity contribution in [2.24, 2.45) is 7.05 Å². The average molecular weight is 328 g/mol. The number of rotatable bonds is 5. The Kier molecular flexibility index (Phi) is 4.54. The van der Waals surface area contributed by atoms with Crippen molar-refractivity contribution in [3.63, 3.8) is 0 Å². The van der Waals surface area contributed by atoms with Crippen LogP contribution in [-0.4, -0.2) is 72.1 Å². The SMILES string of the molecule is CCN(C1CCOCC1)C1CN(S(=O)(=O)c2cn(C)cn2)C1. The minimum Gasteiger partial charge on any atom is -0.381 e. The molecule has 0 atom stereocenters. The van der Waals surface area contributed by atoms with E-state index in [2.05, 4.69) is 16.8 Å². The molecule has 0 N–H and O–H groups in total. The number of imidazole rings is 1. The summed E-state index contributed by atoms with van der Waals surface area (Å²) in [6.07, 6.45) is 5.15. The fourth-order valence-corrected chi connectivity index (χ4v) is 4.79. The number of hydrogen-bond acceptors (Lipinski definition) is 5. The highest BCUT2D eigenvalue weighted by Crippen LogP contribution is 2.26. The van der Waals surface area contributed by atoms with Gasteiger partial charge in [0, 0.05) is 51.6 Å². The molecule has 1 aromatic heterocycles. The van der Waals surface area contributed by atoms with Gasteiger partial charge in [0.25, 0.3) is 10.0 Å². The molecule has 0 spiro atoms. The van der Waals surface area contributed by atoms with E-state index in [1.165, 1.54) is 10.6 Å². The molecule has 0 radical (unpaired) electrons. The Morgan fingerprint density at radius 1 is 1.32 bits per heavy atom. The van der Waals surface area contributed by atoms with Gasteiger partial charge in [-0.25, -0.2) is 13.4 Å². The smallest absolute Gasteiger partial charge is 0.262 e. The molecular weight excluding hydrogens is 304 g/mol. The van der Waals surface area contributed by atoms with Crippen LogP contribution in [0.25, 0.3) is 0 Å². The van der Waals surface area contributed by atoms with Crippen molar-refractivity contribution in [1.82, 2.24) is 18.8 Å². The van der Waals surface area contributed by atoms with Gasteiger partial charge in [-0.2, -0.15) is 4.31 Å². The van der Waals surface area contributed by atoms with E-state index in [9.17, 15) is 8.42 Å². The van der Waals surface area contributed by atoms with E-state index in [1.807, 2.05) is 0 Å². The van der Waals surface area contributed by atoms with Gasteiger partial charge < -0.3 is 9.30 Å². The first kappa shape index (κ1) is 15.9. The summed E-state index contributed by atoms with van der Waals surface area (Å²) in [6, 6.07) is 0.829. The van der Waals surface area contributed by atoms with Gasteiger partial charge in [-0.3, -0.25) is 4.90 Å². The van der Waals surface area contributed by atoms with Gasteiger partial charge in [-0.15, -0.1) is 0 Å². The highest BCUT2D eigenvalue weighted by molar-refractivity contribution is 7.89. The molecule has 0 aromatic carbocycles. The quantitative estimate of drug-likeness (QED) is 0.777. The lowest BCUT2D eigenvalue weighted by molar-refractivity contribution is -0.00750. The monoisotopic (exact) mass is 328 g/mol. The lowest BCUT2D eigenvalue weighted by atomic mass is 10.0. The summed E-state index contributed by atoms with van der Waals surface area (Å²) in [5, 5.41) is 0.141. The number of nitrogens with zero attached hydrogens (tertiary/aromatic N) is 4. The normalized spacial score (nSPS) is 22.1. The van der Waals surface area contributed by atoms with Gasteiger partial charge >= 0.3 is 0 Å². The Balaban J connectivity index is 1.63. The van der Waals surface area contributed by atoms with Crippen LogP contribution in [0.3, 0.4) is 0 Å². The predicted octanol–water partition coefficient (Wildman–Crippen LogP) is 0.294. The predicted molar refractivity (Wildman–Crippen MR) is 82.0 cm³/mol. The van der Waals surface area contributed by atoms with Gasteiger partial charge in [0.15, 0.2) is 5.03 Å². The van der Waals surface area contributed by atoms with E-state index >= 15 is 0 Å². The Morgan fingerprint density at radius 3 is 2.55 bits per heavy atom. The van der Waals surface area contributed by atoms with Gasteiger partial charge in [0.2, 0.25) is 0 Å². The van der Waals surface area contributed by atoms with E-state index in [0.717, 1.165) is 32.6 Å². The minimum atomic E-state index is -3.44. The highest BCUT2D eigenvalue weighted by atomic mass is 32.2. The lowest BCUT2D eigenvalue weighted by Crippen LogP contribution is -2.63. The van der Waals surface area contributed by atoms with Crippen LogP contribution in [-0.2, 0) is 21.8 Å². The van der Waals surface area contributed by atoms with Crippen LogP contribution in [0.2, 0.25) is 0 Å². The molecule has 2 saturated heterocycles. The first-order valence-electron chi connectivity index (χ1n) is 7.84. The van der Waals surface area contributed by atoms with Gasteiger partial charge in [0.05, 0.1) is 6.33 Å². The summed E-state index contributed by atoms with van der Waals surface area (Å²) < 4.78 is 33.5. The zero-order valence-corrected chi connectivity index (χ0v) is 14.0. The number of aryl methyl sites for hydroxylation is 1. The van der Waals surface area contributed by atoms with Crippen LogP contribution in [0, 0.1) is 0 Å². The first-order valence-corrected chi connectivity index (χ1v) is 9.28. The number of likely N-dealkylation sites (N-methyl/N-ethyl adjacent to an activating group) is 1. The van der Waals surface area contributed by atoms with Gasteiger partial charge in [-0.05, 0) is 19.4 Å². The van der Waals surface area contributed by atoms with E-state index in [-0.39, 0.29) is 5.03 Å². The largest absolute Gasteiger partial charge is 0.381 e. The van der Waals surface area contributed by atoms with Crippen LogP contribution < -0.4 is 0 Å². The fourth-order valence-electron chi connectivity index (χ4n) is 3.31. The first-order chi connectivity index (χ1) is 10.5. The molecule has 2 fully saturated rings. The summed E-state index contributed by atoms with van der Waals surface area (Å²) in [5.41, 5.74) is 0. The van der Waals surface area contributed by atoms with Crippen LogP contribution in [0.5, 0.6) is 0 Å². The summed E-state index contributed by atoms with van der Waals surface area (Å²) >= 11 is 0. The molecule has 7 nitrogen and oxygen atoms in total. The van der Waals surface area contributed by atoms with E-state index in [4.69, 9.17) is 4.74 Å². The summed E-state index contributed by atoms with van der Waals surface area (Å²) in [6.45, 7) is 5.83. The Hall–Kier alpha value is -0.960. The molecule has 0 unspecified atom stereocenters. The van der Waals surface area contributed by atoms with Gasteiger partial charge in [0.1, 0.15) is 0 Å². The molecule has 0 bridgehead atoms. The van der Waals surface area contributed by atoms with Crippen molar-refractivity contribution >= 4 is 10.0 Å². The molecule has 1 aromatic rings. The third kappa shape index (κ3) is 2.92. The maximum absolute atomic E-state index is 12.5. The number of ether oxygens (including phenoxy) is 1. The highest BCUT2D eigenvalue weighted by Gasteiger charge is 2.42. The molecule has 0 aliphatic carbocycles. The summed E-state index contributed by atoms with van der Waals surface area (Å²) in [5.74, 6) is 0. The molecule has 8 heteroatoms. The Labute approximate surface area is 131 Å². The molecule has 3 rings (SSSR count). The van der Waals surface area contributed by atoms with Crippen LogP contribution >= 0.6 is 0 Å². The maximum Gasteiger partial charge on any atom is 0.262 e. The molecular formula is C14H24N4O3S. The van der Waals surface area contributed by atoms with Crippen molar-refractivity contribution in [2.45, 2.75) is 36.9 Å². The van der Waals surface area contributed by atoms with Crippen molar-refractivity contribution < 1.29 is 13.2 Å². The molecule has 124 valence electrons. The second-order valence-electron chi connectivity index (χ2n) is 6.03. The Bertz CT molecular complexity index is 603. The number of hydrogen-bond donors (Lipinski definition) is 0. The topological polar surface area (TPSA) is 67.7 Å². The third-order valence-electron chi connectivity index (χ3n) is 4.61. The van der Waals surface area contributed by atoms with E-state index in [1.54, 1.807) is 17.8 Å². The van der Waals surface area contributed by atoms with Crippen molar-refractivity contribution in [2.75, 3.05) is 32.8 Å². The molecule has 2 aliphatic heterocycles. The van der Waals surface area contributed by atoms with E-state index in [0.29, 0.717) is 25.2 Å². The van der Waals surface area contributed by atoms with Crippen molar-refractivity contribution in [3.05, 3.63) is 12.5 Å². The average Bonchev–Trinajstić information content (AvgIpc) is 2.90. The van der Waals surface area contributed by atoms with Crippen LogP contribution in [0.4, 0.5) is 0 Å².